The molecule has 0 saturated heterocycles. The van der Waals surface area contributed by atoms with Gasteiger partial charge in [0.2, 0.25) is 0 Å². The van der Waals surface area contributed by atoms with E-state index in [2.05, 4.69) is 24.3 Å². The normalized spacial score (nSPS) is 14.2. The lowest BCUT2D eigenvalue weighted by Crippen LogP contribution is -2.31. The van der Waals surface area contributed by atoms with Crippen LogP contribution in [0.3, 0.4) is 0 Å². The molecule has 1 atom stereocenters. The summed E-state index contributed by atoms with van der Waals surface area (Å²) < 4.78 is 0. The van der Waals surface area contributed by atoms with Gasteiger partial charge in [0.05, 0.1) is 0 Å². The molecule has 0 spiro atoms. The van der Waals surface area contributed by atoms with Crippen LogP contribution in [0.5, 0.6) is 0 Å². The Morgan fingerprint density at radius 1 is 1.18 bits per heavy atom. The molecule has 0 aliphatic carbocycles. The number of nitrogens with one attached hydrogen (secondary N) is 1. The highest BCUT2D eigenvalue weighted by Gasteiger charge is 2.05. The van der Waals surface area contributed by atoms with Crippen molar-refractivity contribution >= 4 is 5.84 Å². The van der Waals surface area contributed by atoms with Gasteiger partial charge in [-0.15, -0.1) is 0 Å². The first-order valence-electron chi connectivity index (χ1n) is 6.76. The van der Waals surface area contributed by atoms with E-state index in [0.29, 0.717) is 5.84 Å². The molecule has 0 fully saturated rings. The first kappa shape index (κ1) is 16.2. The molecular weight excluding hydrogens is 214 g/mol. The highest BCUT2D eigenvalue weighted by molar-refractivity contribution is 5.82. The van der Waals surface area contributed by atoms with Crippen LogP contribution < -0.4 is 11.1 Å². The first-order valence-corrected chi connectivity index (χ1v) is 6.76. The third-order valence-electron chi connectivity index (χ3n) is 2.96. The van der Waals surface area contributed by atoms with E-state index in [4.69, 9.17) is 10.9 Å². The van der Waals surface area contributed by atoms with E-state index in [1.54, 1.807) is 0 Å². The standard InChI is InChI=1S/C13H29N3O/c1-11(2)8-6-4-5-7-9-15-10-12(3)13(14)16-17/h11-12,15,17H,4-10H2,1-3H3,(H2,14,16). The summed E-state index contributed by atoms with van der Waals surface area (Å²) in [6.07, 6.45) is 6.51. The van der Waals surface area contributed by atoms with Crippen molar-refractivity contribution in [3.63, 3.8) is 0 Å². The summed E-state index contributed by atoms with van der Waals surface area (Å²) in [6, 6.07) is 0. The van der Waals surface area contributed by atoms with Crippen LogP contribution in [-0.2, 0) is 0 Å². The van der Waals surface area contributed by atoms with Gasteiger partial charge in [-0.25, -0.2) is 0 Å². The fraction of sp³-hybridized carbons (Fsp3) is 0.923. The molecule has 0 aromatic carbocycles. The van der Waals surface area contributed by atoms with E-state index in [1.165, 1.54) is 32.1 Å². The highest BCUT2D eigenvalue weighted by Crippen LogP contribution is 2.08. The summed E-state index contributed by atoms with van der Waals surface area (Å²) in [5, 5.41) is 14.8. The van der Waals surface area contributed by atoms with E-state index >= 15 is 0 Å². The van der Waals surface area contributed by atoms with Crippen molar-refractivity contribution in [1.29, 1.82) is 0 Å². The van der Waals surface area contributed by atoms with Gasteiger partial charge in [0, 0.05) is 12.5 Å². The van der Waals surface area contributed by atoms with Gasteiger partial charge < -0.3 is 16.3 Å². The molecule has 17 heavy (non-hydrogen) atoms. The van der Waals surface area contributed by atoms with Gasteiger partial charge in [-0.3, -0.25) is 0 Å². The minimum Gasteiger partial charge on any atom is -0.409 e. The Balaban J connectivity index is 3.24. The van der Waals surface area contributed by atoms with Crippen LogP contribution in [0.1, 0.15) is 52.9 Å². The van der Waals surface area contributed by atoms with E-state index < -0.39 is 0 Å². The molecule has 0 rings (SSSR count). The van der Waals surface area contributed by atoms with Crippen molar-refractivity contribution in [3.05, 3.63) is 0 Å². The van der Waals surface area contributed by atoms with Gasteiger partial charge in [0.1, 0.15) is 5.84 Å². The number of nitrogens with two attached hydrogens (primary N) is 1. The molecule has 0 aromatic rings. The summed E-state index contributed by atoms with van der Waals surface area (Å²) in [7, 11) is 0. The lowest BCUT2D eigenvalue weighted by atomic mass is 10.0. The van der Waals surface area contributed by atoms with Crippen LogP contribution in [0.15, 0.2) is 5.16 Å². The lowest BCUT2D eigenvalue weighted by Gasteiger charge is -2.10. The average molecular weight is 243 g/mol. The van der Waals surface area contributed by atoms with Gasteiger partial charge in [-0.05, 0) is 18.9 Å². The number of rotatable bonds is 10. The molecular formula is C13H29N3O. The van der Waals surface area contributed by atoms with Crippen molar-refractivity contribution in [3.8, 4) is 0 Å². The van der Waals surface area contributed by atoms with E-state index in [1.807, 2.05) is 6.92 Å². The van der Waals surface area contributed by atoms with Gasteiger partial charge in [-0.1, -0.05) is 51.6 Å². The number of amidine groups is 1. The number of hydrogen-bond donors (Lipinski definition) is 3. The number of unbranched alkanes of at least 4 members (excludes halogenated alkanes) is 3. The summed E-state index contributed by atoms with van der Waals surface area (Å²) in [5.74, 6) is 1.23. The van der Waals surface area contributed by atoms with Crippen LogP contribution in [-0.4, -0.2) is 24.1 Å². The second kappa shape index (κ2) is 10.4. The van der Waals surface area contributed by atoms with Crippen molar-refractivity contribution in [2.45, 2.75) is 52.9 Å². The van der Waals surface area contributed by atoms with Crippen LogP contribution in [0, 0.1) is 11.8 Å². The molecule has 0 saturated carbocycles. The lowest BCUT2D eigenvalue weighted by molar-refractivity contribution is 0.314. The molecule has 0 aliphatic heterocycles. The third kappa shape index (κ3) is 10.1. The monoisotopic (exact) mass is 243 g/mol. The maximum Gasteiger partial charge on any atom is 0.143 e. The molecule has 0 radical (unpaired) electrons. The number of hydrogen-bond acceptors (Lipinski definition) is 3. The van der Waals surface area contributed by atoms with Crippen molar-refractivity contribution in [2.75, 3.05) is 13.1 Å². The van der Waals surface area contributed by atoms with Gasteiger partial charge >= 0.3 is 0 Å². The molecule has 0 amide bonds. The van der Waals surface area contributed by atoms with Gasteiger partial charge in [0.25, 0.3) is 0 Å². The van der Waals surface area contributed by atoms with Crippen LogP contribution >= 0.6 is 0 Å². The summed E-state index contributed by atoms with van der Waals surface area (Å²) in [5.41, 5.74) is 5.49. The Morgan fingerprint density at radius 3 is 2.41 bits per heavy atom. The van der Waals surface area contributed by atoms with E-state index in [0.717, 1.165) is 19.0 Å². The average Bonchev–Trinajstić information content (AvgIpc) is 2.30. The fourth-order valence-corrected chi connectivity index (χ4v) is 1.68. The molecule has 0 aliphatic rings. The molecule has 0 heterocycles. The van der Waals surface area contributed by atoms with Crippen LogP contribution in [0.4, 0.5) is 0 Å². The van der Waals surface area contributed by atoms with Crippen LogP contribution in [0.25, 0.3) is 0 Å². The Hall–Kier alpha value is -0.770. The molecule has 4 heteroatoms. The Morgan fingerprint density at radius 2 is 1.82 bits per heavy atom. The maximum absolute atomic E-state index is 8.48. The zero-order valence-corrected chi connectivity index (χ0v) is 11.6. The van der Waals surface area contributed by atoms with Crippen molar-refractivity contribution in [2.24, 2.45) is 22.7 Å². The molecule has 0 aromatic heterocycles. The predicted octanol–water partition coefficient (Wildman–Crippen LogP) is 2.57. The fourth-order valence-electron chi connectivity index (χ4n) is 1.68. The summed E-state index contributed by atoms with van der Waals surface area (Å²) >= 11 is 0. The number of nitrogens with zero attached hydrogens (tertiary/aromatic N) is 1. The predicted molar refractivity (Wildman–Crippen MR) is 73.4 cm³/mol. The van der Waals surface area contributed by atoms with E-state index in [9.17, 15) is 0 Å². The van der Waals surface area contributed by atoms with Gasteiger partial charge in [-0.2, -0.15) is 0 Å². The Kier molecular flexibility index (Phi) is 9.92. The van der Waals surface area contributed by atoms with Crippen molar-refractivity contribution < 1.29 is 5.21 Å². The molecule has 1 unspecified atom stereocenters. The SMILES string of the molecule is CC(C)CCCCCCNCC(C)C(N)=NO. The molecule has 102 valence electrons. The summed E-state index contributed by atoms with van der Waals surface area (Å²) in [4.78, 5) is 0. The molecule has 4 N–H and O–H groups in total. The zero-order chi connectivity index (χ0) is 13.1. The minimum absolute atomic E-state index is 0.0981. The summed E-state index contributed by atoms with van der Waals surface area (Å²) in [6.45, 7) is 8.30. The van der Waals surface area contributed by atoms with E-state index in [-0.39, 0.29) is 5.92 Å². The second-order valence-corrected chi connectivity index (χ2v) is 5.23. The van der Waals surface area contributed by atoms with Gasteiger partial charge in [0.15, 0.2) is 0 Å². The molecule has 0 bridgehead atoms. The largest absolute Gasteiger partial charge is 0.409 e. The minimum atomic E-state index is 0.0981. The Labute approximate surface area is 106 Å². The number of oxime groups is 1. The first-order chi connectivity index (χ1) is 8.07. The zero-order valence-electron chi connectivity index (χ0n) is 11.6. The van der Waals surface area contributed by atoms with Crippen LogP contribution in [0.2, 0.25) is 0 Å². The maximum atomic E-state index is 8.48. The quantitative estimate of drug-likeness (QED) is 0.181. The highest BCUT2D eigenvalue weighted by atomic mass is 16.4. The molecule has 4 nitrogen and oxygen atoms in total. The van der Waals surface area contributed by atoms with Crippen molar-refractivity contribution in [1.82, 2.24) is 5.32 Å². The smallest absolute Gasteiger partial charge is 0.143 e. The second-order valence-electron chi connectivity index (χ2n) is 5.23. The Bertz CT molecular complexity index is 205. The topological polar surface area (TPSA) is 70.6 Å². The third-order valence-corrected chi connectivity index (χ3v) is 2.96.